The second-order valence-electron chi connectivity index (χ2n) is 24.0. The van der Waals surface area contributed by atoms with E-state index in [9.17, 15) is 66.2 Å². The third-order valence-corrected chi connectivity index (χ3v) is 19.2. The van der Waals surface area contributed by atoms with E-state index in [1.54, 1.807) is 19.9 Å². The van der Waals surface area contributed by atoms with Gasteiger partial charge in [-0.05, 0) is 117 Å². The molecular weight excluding hydrogens is 937 g/mol. The summed E-state index contributed by atoms with van der Waals surface area (Å²) in [6.07, 6.45) is -16.5. The first-order chi connectivity index (χ1) is 33.0. The molecule has 0 radical (unpaired) electrons. The van der Waals surface area contributed by atoms with Crippen LogP contribution < -0.4 is 0 Å². The lowest BCUT2D eigenvalue weighted by Gasteiger charge is -2.71. The first-order valence-electron chi connectivity index (χ1n) is 25.5. The number of hydrogen-bond donors (Lipinski definition) is 12. The standard InChI is InChI=1S/C50H84O21/c1-23(53)64-22-28-35(57)37(59)39(61)42(67-28)69-41-38(60)34(56)27(21-52)66-44(41)68-31-13-16-47(6)29(46(31,4)5)12-18-48(7)30(47)19-25(54)32-24(11-17-49(32,48)8)50(9,15-10-14-45(2,3)71-63)70-43-40(62)36(58)33(55)26(20-51)65-43/h10,14,24-44,51-52,54-63H,11-13,15-22H2,1-9H3/b14-10+/t24-,25+,26+,27+,28+,29-,30+,31-,32-,33+,34+,35+,36-,37-,38-,39+,40+,41+,42-,43-,44-,47-,48+,49+,50-/m0/s1. The van der Waals surface area contributed by atoms with E-state index in [1.807, 2.05) is 13.0 Å². The molecule has 21 heteroatoms. The van der Waals surface area contributed by atoms with Gasteiger partial charge in [-0.2, -0.15) is 0 Å². The Balaban J connectivity index is 1.13. The summed E-state index contributed by atoms with van der Waals surface area (Å²) in [5.41, 5.74) is -3.80. The van der Waals surface area contributed by atoms with Gasteiger partial charge in [0.05, 0.1) is 31.0 Å². The van der Waals surface area contributed by atoms with E-state index in [-0.39, 0.29) is 40.9 Å². The van der Waals surface area contributed by atoms with Gasteiger partial charge in [0.15, 0.2) is 18.9 Å². The van der Waals surface area contributed by atoms with Crippen LogP contribution in [0.4, 0.5) is 0 Å². The van der Waals surface area contributed by atoms with Gasteiger partial charge in [-0.1, -0.05) is 46.8 Å². The summed E-state index contributed by atoms with van der Waals surface area (Å²) in [5.74, 6) is -1.21. The minimum atomic E-state index is -1.84. The van der Waals surface area contributed by atoms with Crippen molar-refractivity contribution in [2.24, 2.45) is 45.3 Å². The molecule has 7 aliphatic rings. The zero-order valence-electron chi connectivity index (χ0n) is 42.6. The lowest BCUT2D eigenvalue weighted by Crippen LogP contribution is -2.68. The molecule has 0 amide bonds. The molecule has 0 spiro atoms. The van der Waals surface area contributed by atoms with Crippen molar-refractivity contribution in [1.29, 1.82) is 0 Å². The maximum atomic E-state index is 12.7. The van der Waals surface area contributed by atoms with Gasteiger partial charge < -0.3 is 89.3 Å². The molecule has 4 saturated carbocycles. The first kappa shape index (κ1) is 57.2. The molecule has 7 rings (SSSR count). The van der Waals surface area contributed by atoms with Gasteiger partial charge in [0.2, 0.25) is 0 Å². The Morgan fingerprint density at radius 3 is 1.83 bits per heavy atom. The number of hydrogen-bond acceptors (Lipinski definition) is 21. The fourth-order valence-electron chi connectivity index (χ4n) is 15.0. The van der Waals surface area contributed by atoms with E-state index in [4.69, 9.17) is 33.2 Å². The number of rotatable bonds is 15. The molecule has 0 aromatic carbocycles. The second kappa shape index (κ2) is 21.1. The summed E-state index contributed by atoms with van der Waals surface area (Å²) < 4.78 is 42.4. The van der Waals surface area contributed by atoms with E-state index in [0.29, 0.717) is 25.7 Å². The monoisotopic (exact) mass is 1020 g/mol. The van der Waals surface area contributed by atoms with Gasteiger partial charge in [0.1, 0.15) is 85.5 Å². The highest BCUT2D eigenvalue weighted by molar-refractivity contribution is 5.65. The molecule has 0 aromatic rings. The lowest BCUT2D eigenvalue weighted by atomic mass is 9.35. The minimum absolute atomic E-state index is 0.0349. The fourth-order valence-corrected chi connectivity index (χ4v) is 15.0. The van der Waals surface area contributed by atoms with Crippen molar-refractivity contribution in [2.75, 3.05) is 19.8 Å². The van der Waals surface area contributed by atoms with Crippen molar-refractivity contribution in [3.63, 3.8) is 0 Å². The normalized spacial score (nSPS) is 49.9. The molecular formula is C50H84O21. The van der Waals surface area contributed by atoms with Crippen LogP contribution in [0, 0.1) is 45.3 Å². The number of carbonyl (C=O) groups excluding carboxylic acids is 1. The Hall–Kier alpha value is -1.55. The highest BCUT2D eigenvalue weighted by Crippen LogP contribution is 2.76. The highest BCUT2D eigenvalue weighted by atomic mass is 17.1. The molecule has 0 unspecified atom stereocenters. The average molecular weight is 1020 g/mol. The van der Waals surface area contributed by atoms with E-state index in [1.165, 1.54) is 0 Å². The molecule has 71 heavy (non-hydrogen) atoms. The second-order valence-corrected chi connectivity index (χ2v) is 24.0. The Morgan fingerprint density at radius 2 is 1.23 bits per heavy atom. The van der Waals surface area contributed by atoms with Crippen LogP contribution >= 0.6 is 0 Å². The fraction of sp³-hybridized carbons (Fsp3) is 0.940. The number of fused-ring (bicyclic) bond motifs is 5. The largest absolute Gasteiger partial charge is 0.463 e. The molecule has 0 bridgehead atoms. The molecule has 3 saturated heterocycles. The molecule has 3 aliphatic heterocycles. The van der Waals surface area contributed by atoms with Crippen LogP contribution in [0.15, 0.2) is 12.2 Å². The maximum Gasteiger partial charge on any atom is 0.302 e. The number of esters is 1. The number of aliphatic hydroxyl groups is 11. The smallest absolute Gasteiger partial charge is 0.302 e. The summed E-state index contributed by atoms with van der Waals surface area (Å²) in [7, 11) is 0. The molecule has 21 nitrogen and oxygen atoms in total. The lowest BCUT2D eigenvalue weighted by molar-refractivity contribution is -0.378. The average Bonchev–Trinajstić information content (AvgIpc) is 3.70. The van der Waals surface area contributed by atoms with Crippen molar-refractivity contribution in [1.82, 2.24) is 0 Å². The molecule has 7 fully saturated rings. The van der Waals surface area contributed by atoms with Gasteiger partial charge in [0.25, 0.3) is 0 Å². The van der Waals surface area contributed by atoms with Gasteiger partial charge >= 0.3 is 5.97 Å². The van der Waals surface area contributed by atoms with Crippen molar-refractivity contribution in [2.45, 2.75) is 229 Å². The maximum absolute atomic E-state index is 12.7. The molecule has 410 valence electrons. The SMILES string of the molecule is CC(=O)OC[C@H]1O[C@@H](O[C@H]2[C@H](O[C@H]3CC[C@]4(C)[C@H]5C[C@@H](O)[C@@H]6[C@@H]([C@](C)(C/C=C/C(C)(C)OO)O[C@@H]7O[C@H](CO)[C@@H](O)[C@H](O)[C@H]7O)CC[C@@]6(C)[C@]5(C)CC[C@H]4C3(C)C)O[C@H](CO)[C@@H](O)[C@@H]2O)[C@H](O)[C@@H](O)[C@@H]1O. The Labute approximate surface area is 415 Å². The summed E-state index contributed by atoms with van der Waals surface area (Å²) >= 11 is 0. The summed E-state index contributed by atoms with van der Waals surface area (Å²) in [4.78, 5) is 16.2. The van der Waals surface area contributed by atoms with Crippen LogP contribution in [0.25, 0.3) is 0 Å². The van der Waals surface area contributed by atoms with Crippen molar-refractivity contribution in [3.05, 3.63) is 12.2 Å². The molecule has 3 heterocycles. The third kappa shape index (κ3) is 10.2. The van der Waals surface area contributed by atoms with Crippen LogP contribution in [0.3, 0.4) is 0 Å². The van der Waals surface area contributed by atoms with E-state index in [0.717, 1.165) is 26.2 Å². The summed E-state index contributed by atoms with van der Waals surface area (Å²) in [6.45, 7) is 15.8. The Kier molecular flexibility index (Phi) is 17.0. The van der Waals surface area contributed by atoms with Crippen molar-refractivity contribution >= 4 is 5.97 Å². The molecule has 4 aliphatic carbocycles. The predicted molar refractivity (Wildman–Crippen MR) is 246 cm³/mol. The number of aliphatic hydroxyl groups excluding tert-OH is 11. The Bertz CT molecular complexity index is 1850. The van der Waals surface area contributed by atoms with Crippen LogP contribution in [-0.4, -0.2) is 203 Å². The van der Waals surface area contributed by atoms with E-state index < -0.39 is 152 Å². The topological polar surface area (TPSA) is 334 Å². The van der Waals surface area contributed by atoms with Crippen LogP contribution in [-0.2, 0) is 42.8 Å². The summed E-state index contributed by atoms with van der Waals surface area (Å²) in [6, 6.07) is 0. The number of carbonyl (C=O) groups is 1. The molecule has 0 aromatic heterocycles. The predicted octanol–water partition coefficient (Wildman–Crippen LogP) is 0.0121. The van der Waals surface area contributed by atoms with Gasteiger partial charge in [-0.25, -0.2) is 4.89 Å². The van der Waals surface area contributed by atoms with Crippen LogP contribution in [0.5, 0.6) is 0 Å². The number of ether oxygens (including phenoxy) is 7. The quantitative estimate of drug-likeness (QED) is 0.0338. The third-order valence-electron chi connectivity index (χ3n) is 19.2. The minimum Gasteiger partial charge on any atom is -0.463 e. The Morgan fingerprint density at radius 1 is 0.662 bits per heavy atom. The van der Waals surface area contributed by atoms with Crippen LogP contribution in [0.1, 0.15) is 114 Å². The van der Waals surface area contributed by atoms with Gasteiger partial charge in [-0.15, -0.1) is 0 Å². The summed E-state index contributed by atoms with van der Waals surface area (Å²) in [5, 5.41) is 130. The first-order valence-corrected chi connectivity index (χ1v) is 25.5. The van der Waals surface area contributed by atoms with Gasteiger partial charge in [-0.3, -0.25) is 10.1 Å². The zero-order chi connectivity index (χ0) is 52.6. The molecule has 12 N–H and O–H groups in total. The van der Waals surface area contributed by atoms with Crippen LogP contribution in [0.2, 0.25) is 0 Å². The van der Waals surface area contributed by atoms with Crippen molar-refractivity contribution < 1.29 is 104 Å². The highest BCUT2D eigenvalue weighted by Gasteiger charge is 2.72. The zero-order valence-corrected chi connectivity index (χ0v) is 42.6. The molecule has 25 atom stereocenters. The van der Waals surface area contributed by atoms with E-state index >= 15 is 0 Å². The van der Waals surface area contributed by atoms with Gasteiger partial charge in [0, 0.05) is 6.92 Å². The van der Waals surface area contributed by atoms with Crippen molar-refractivity contribution in [3.8, 4) is 0 Å². The van der Waals surface area contributed by atoms with E-state index in [2.05, 4.69) is 39.5 Å².